The maximum atomic E-state index is 12.1. The van der Waals surface area contributed by atoms with Crippen LogP contribution in [0.3, 0.4) is 0 Å². The van der Waals surface area contributed by atoms with Gasteiger partial charge in [-0.2, -0.15) is 0 Å². The molecule has 0 spiro atoms. The normalized spacial score (nSPS) is 9.38. The molecule has 0 heterocycles. The maximum absolute atomic E-state index is 12.1. The second-order valence-corrected chi connectivity index (χ2v) is 9.29. The molecule has 0 aliphatic heterocycles. The SMILES string of the molecule is C#CC#CC#CC#CC#CC#CC(=O)OC[C@@H](COP(=O)([O-])[O-])OC(=O)CCCCCCCCCCCCC.N.[HH].[HH].[HH].[HH].[HH].[HH].[HH].[HH].[HH].[HH].[HH].[Na+].[Na+]. The van der Waals surface area contributed by atoms with E-state index >= 15 is 0 Å². The van der Waals surface area contributed by atoms with E-state index in [0.29, 0.717) is 6.42 Å². The van der Waals surface area contributed by atoms with Gasteiger partial charge in [-0.1, -0.05) is 71.1 Å². The fourth-order valence-corrected chi connectivity index (χ4v) is 3.36. The van der Waals surface area contributed by atoms with E-state index in [0.717, 1.165) is 19.3 Å². The molecule has 0 radical (unpaired) electrons. The molecule has 0 rings (SSSR count). The second-order valence-electron chi connectivity index (χ2n) is 8.13. The van der Waals surface area contributed by atoms with Crippen molar-refractivity contribution in [3.05, 3.63) is 0 Å². The van der Waals surface area contributed by atoms with Crippen LogP contribution in [0, 0.1) is 71.5 Å². The number of phosphoric ester groups is 1. The summed E-state index contributed by atoms with van der Waals surface area (Å²) in [5.74, 6) is 23.5. The smallest absolute Gasteiger partial charge is 0.790 e. The first kappa shape index (κ1) is 47.3. The average molecular weight is 638 g/mol. The van der Waals surface area contributed by atoms with Gasteiger partial charge < -0.3 is 34.5 Å². The van der Waals surface area contributed by atoms with Crippen molar-refractivity contribution in [2.45, 2.75) is 90.1 Å². The van der Waals surface area contributed by atoms with Crippen molar-refractivity contribution < 1.29 is 113 Å². The Morgan fingerprint density at radius 2 is 1.21 bits per heavy atom. The van der Waals surface area contributed by atoms with Crippen molar-refractivity contribution >= 4 is 19.8 Å². The molecule has 3 N–H and O–H groups in total. The van der Waals surface area contributed by atoms with Gasteiger partial charge in [-0.25, -0.2) is 4.79 Å². The Morgan fingerprint density at radius 1 is 0.762 bits per heavy atom. The molecule has 0 aromatic rings. The molecule has 1 atom stereocenters. The van der Waals surface area contributed by atoms with Crippen molar-refractivity contribution in [1.82, 2.24) is 6.15 Å². The van der Waals surface area contributed by atoms with Crippen LogP contribution in [0.25, 0.3) is 0 Å². The monoisotopic (exact) mass is 637 g/mol. The Hall–Kier alpha value is -1.63. The molecule has 0 aliphatic rings. The molecule has 0 aliphatic carbocycles. The van der Waals surface area contributed by atoms with Gasteiger partial charge in [0.25, 0.3) is 0 Å². The van der Waals surface area contributed by atoms with Gasteiger partial charge >= 0.3 is 71.1 Å². The van der Waals surface area contributed by atoms with Gasteiger partial charge in [-0.05, 0) is 65.6 Å². The number of terminal acetylenes is 1. The van der Waals surface area contributed by atoms with E-state index < -0.39 is 39.1 Å². The quantitative estimate of drug-likeness (QED) is 0.0523. The molecule has 0 aromatic carbocycles. The third-order valence-corrected chi connectivity index (χ3v) is 5.30. The molecule has 0 unspecified atom stereocenters. The second kappa shape index (κ2) is 33.9. The fourth-order valence-electron chi connectivity index (χ4n) is 3.01. The van der Waals surface area contributed by atoms with Crippen LogP contribution in [0.5, 0.6) is 0 Å². The average Bonchev–Trinajstić information content (AvgIpc) is 2.89. The molecule has 0 saturated heterocycles. The Bertz CT molecular complexity index is 1210. The summed E-state index contributed by atoms with van der Waals surface area (Å²) in [6.45, 7) is 0.861. The third kappa shape index (κ3) is 36.4. The van der Waals surface area contributed by atoms with E-state index in [1.54, 1.807) is 0 Å². The van der Waals surface area contributed by atoms with Crippen LogP contribution in [-0.4, -0.2) is 31.3 Å². The van der Waals surface area contributed by atoms with Gasteiger partial charge in [0.15, 0.2) is 6.10 Å². The largest absolute Gasteiger partial charge is 1.00 e. The summed E-state index contributed by atoms with van der Waals surface area (Å²) in [7, 11) is -5.31. The van der Waals surface area contributed by atoms with Gasteiger partial charge in [0.1, 0.15) is 6.61 Å². The van der Waals surface area contributed by atoms with E-state index in [1.165, 1.54) is 44.9 Å². The summed E-state index contributed by atoms with van der Waals surface area (Å²) >= 11 is 0. The van der Waals surface area contributed by atoms with Crippen molar-refractivity contribution in [1.29, 1.82) is 0 Å². The van der Waals surface area contributed by atoms with E-state index in [1.807, 2.05) is 0 Å². The number of carbonyl (C=O) groups excluding carboxylic acids is 2. The Morgan fingerprint density at radius 3 is 1.69 bits per heavy atom. The number of hydrogen-bond acceptors (Lipinski definition) is 9. The zero-order valence-corrected chi connectivity index (χ0v) is 29.9. The summed E-state index contributed by atoms with van der Waals surface area (Å²) in [4.78, 5) is 45.4. The molecular formula is C30H58NNa2O8P. The van der Waals surface area contributed by atoms with Gasteiger partial charge in [0, 0.05) is 28.0 Å². The van der Waals surface area contributed by atoms with Gasteiger partial charge in [0.2, 0.25) is 0 Å². The molecule has 238 valence electrons. The standard InChI is InChI=1S/C30H35O8P.H3N.2Na.11H2/c1-3-5-7-9-11-13-15-17-19-21-23-25-30(32)38-28(27-37-39(33,34)35)26-36-29(31)24-22-20-18-16-14-12-10-8-6-4-2;;;;;;;;;;;;;;/h2,28H,3,5,7,9,11,13,15,17,19,21,23,25-27H2,1H3,(H2,33,34,35);1H3;;;11*1H/q;;2*+1;;;;;;;;;;;/p-2/t28-;;;;;;;;;;;;;;/m0............../s1. The van der Waals surface area contributed by atoms with E-state index in [-0.39, 0.29) is 87.4 Å². The molecule has 0 bridgehead atoms. The van der Waals surface area contributed by atoms with Crippen LogP contribution in [0.2, 0.25) is 0 Å². The number of hydrogen-bond donors (Lipinski definition) is 1. The van der Waals surface area contributed by atoms with Crippen molar-refractivity contribution in [2.75, 3.05) is 13.2 Å². The third-order valence-electron chi connectivity index (χ3n) is 4.84. The number of rotatable bonds is 18. The summed E-state index contributed by atoms with van der Waals surface area (Å²) in [6, 6.07) is 0. The molecule has 9 nitrogen and oxygen atoms in total. The molecule has 0 saturated carbocycles. The number of phosphoric acid groups is 1. The first-order valence-electron chi connectivity index (χ1n) is 12.8. The first-order chi connectivity index (χ1) is 18.8. The Balaban J connectivity index is -0.0000000793. The van der Waals surface area contributed by atoms with Crippen LogP contribution in [-0.2, 0) is 28.2 Å². The van der Waals surface area contributed by atoms with Crippen LogP contribution >= 0.6 is 7.82 Å². The summed E-state index contributed by atoms with van der Waals surface area (Å²) in [5.41, 5.74) is 0. The zero-order chi connectivity index (χ0) is 29.0. The van der Waals surface area contributed by atoms with Crippen LogP contribution in [0.4, 0.5) is 0 Å². The van der Waals surface area contributed by atoms with Crippen molar-refractivity contribution in [2.24, 2.45) is 0 Å². The molecule has 0 fully saturated rings. The topological polar surface area (TPSA) is 160 Å². The van der Waals surface area contributed by atoms with Crippen molar-refractivity contribution in [3.63, 3.8) is 0 Å². The zero-order valence-electron chi connectivity index (χ0n) is 25.0. The van der Waals surface area contributed by atoms with E-state index in [4.69, 9.17) is 15.9 Å². The predicted molar refractivity (Wildman–Crippen MR) is 171 cm³/mol. The van der Waals surface area contributed by atoms with Gasteiger partial charge in [-0.15, -0.1) is 6.42 Å². The summed E-state index contributed by atoms with van der Waals surface area (Å²) in [6.07, 6.45) is 16.1. The first-order valence-corrected chi connectivity index (χ1v) is 14.2. The number of unbranched alkanes of at least 4 members (excludes halogenated alkanes) is 10. The summed E-state index contributed by atoms with van der Waals surface area (Å²) in [5, 5.41) is 0. The van der Waals surface area contributed by atoms with E-state index in [9.17, 15) is 23.9 Å². The van der Waals surface area contributed by atoms with E-state index in [2.05, 4.69) is 76.6 Å². The number of carbonyl (C=O) groups is 2. The molecule has 0 amide bonds. The minimum absolute atomic E-state index is 0. The minimum Gasteiger partial charge on any atom is -0.790 e. The molecule has 0 aromatic heterocycles. The predicted octanol–water partition coefficient (Wildman–Crippen LogP) is -0.486. The number of ether oxygens (including phenoxy) is 2. The Labute approximate surface area is 311 Å². The summed E-state index contributed by atoms with van der Waals surface area (Å²) < 4.78 is 24.9. The van der Waals surface area contributed by atoms with Crippen molar-refractivity contribution in [3.8, 4) is 71.5 Å². The maximum Gasteiger partial charge on any atom is 1.00 e. The minimum atomic E-state index is -5.31. The number of esters is 2. The molecular weight excluding hydrogens is 579 g/mol. The fraction of sp³-hybridized carbons (Fsp3) is 0.533. The molecule has 42 heavy (non-hydrogen) atoms. The Kier molecular flexibility index (Phi) is 38.1. The van der Waals surface area contributed by atoms with Crippen LogP contribution in [0.15, 0.2) is 0 Å². The van der Waals surface area contributed by atoms with Crippen LogP contribution < -0.4 is 75.1 Å². The van der Waals surface area contributed by atoms with Crippen LogP contribution in [0.1, 0.15) is 99.7 Å². The molecule has 12 heteroatoms. The van der Waals surface area contributed by atoms with Gasteiger partial charge in [0.05, 0.1) is 14.4 Å². The van der Waals surface area contributed by atoms with Gasteiger partial charge in [-0.3, -0.25) is 4.79 Å².